The molecule has 0 spiro atoms. The molecule has 0 aliphatic rings. The number of para-hydroxylation sites is 1. The van der Waals surface area contributed by atoms with Crippen LogP contribution in [0.4, 0.5) is 5.69 Å². The molecule has 4 rings (SSSR count). The summed E-state index contributed by atoms with van der Waals surface area (Å²) >= 11 is 1.51. The number of hydrogen-bond acceptors (Lipinski definition) is 4. The molecule has 0 bridgehead atoms. The lowest BCUT2D eigenvalue weighted by Crippen LogP contribution is -2.01. The molecule has 0 fully saturated rings. The molecule has 0 aliphatic heterocycles. The standard InChI is InChI=1S/C18H13N3S/c1-12-5-4-7-15(9-12)20-18-19-11-14-10-13-6-2-3-8-16(13)21-17(14)22-18/h2-11H,1H3. The van der Waals surface area contributed by atoms with Gasteiger partial charge in [-0.3, -0.25) is 0 Å². The van der Waals surface area contributed by atoms with E-state index >= 15 is 0 Å². The van der Waals surface area contributed by atoms with Crippen LogP contribution < -0.4 is 4.80 Å². The van der Waals surface area contributed by atoms with Gasteiger partial charge >= 0.3 is 0 Å². The van der Waals surface area contributed by atoms with Gasteiger partial charge in [0, 0.05) is 17.0 Å². The van der Waals surface area contributed by atoms with E-state index in [1.54, 1.807) is 0 Å². The quantitative estimate of drug-likeness (QED) is 0.489. The van der Waals surface area contributed by atoms with Gasteiger partial charge in [0.1, 0.15) is 4.83 Å². The Morgan fingerprint density at radius 3 is 2.77 bits per heavy atom. The van der Waals surface area contributed by atoms with Crippen LogP contribution in [0, 0.1) is 6.92 Å². The Balaban J connectivity index is 1.91. The van der Waals surface area contributed by atoms with E-state index in [1.807, 2.05) is 42.6 Å². The first-order valence-corrected chi connectivity index (χ1v) is 7.87. The number of aryl methyl sites for hydroxylation is 1. The van der Waals surface area contributed by atoms with Crippen LogP contribution >= 0.6 is 11.3 Å². The predicted molar refractivity (Wildman–Crippen MR) is 91.3 cm³/mol. The van der Waals surface area contributed by atoms with E-state index in [9.17, 15) is 0 Å². The van der Waals surface area contributed by atoms with E-state index in [-0.39, 0.29) is 0 Å². The van der Waals surface area contributed by atoms with Crippen molar-refractivity contribution in [3.63, 3.8) is 0 Å². The maximum absolute atomic E-state index is 4.72. The summed E-state index contributed by atoms with van der Waals surface area (Å²) in [6, 6.07) is 18.3. The third-order valence-corrected chi connectivity index (χ3v) is 4.34. The Bertz CT molecular complexity index is 1050. The van der Waals surface area contributed by atoms with Gasteiger partial charge < -0.3 is 0 Å². The lowest BCUT2D eigenvalue weighted by molar-refractivity contribution is 1.22. The fourth-order valence-electron chi connectivity index (χ4n) is 2.39. The summed E-state index contributed by atoms with van der Waals surface area (Å²) < 4.78 is 0. The molecule has 0 saturated heterocycles. The molecule has 4 heteroatoms. The van der Waals surface area contributed by atoms with Gasteiger partial charge in [0.05, 0.1) is 11.2 Å². The molecule has 0 unspecified atom stereocenters. The van der Waals surface area contributed by atoms with E-state index < -0.39 is 0 Å². The summed E-state index contributed by atoms with van der Waals surface area (Å²) in [7, 11) is 0. The van der Waals surface area contributed by atoms with Crippen molar-refractivity contribution in [1.29, 1.82) is 0 Å². The van der Waals surface area contributed by atoms with E-state index in [0.29, 0.717) is 0 Å². The molecule has 2 aromatic heterocycles. The first-order valence-electron chi connectivity index (χ1n) is 7.05. The van der Waals surface area contributed by atoms with Gasteiger partial charge in [-0.05, 0) is 36.8 Å². The molecule has 22 heavy (non-hydrogen) atoms. The average molecular weight is 303 g/mol. The normalized spacial score (nSPS) is 12.1. The van der Waals surface area contributed by atoms with Crippen LogP contribution in [0.5, 0.6) is 0 Å². The molecule has 4 aromatic rings. The average Bonchev–Trinajstić information content (AvgIpc) is 2.53. The number of pyridine rings is 1. The first kappa shape index (κ1) is 13.1. The molecule has 2 aromatic carbocycles. The number of fused-ring (bicyclic) bond motifs is 2. The van der Waals surface area contributed by atoms with Gasteiger partial charge in [0.2, 0.25) is 4.80 Å². The highest BCUT2D eigenvalue weighted by Crippen LogP contribution is 2.20. The summed E-state index contributed by atoms with van der Waals surface area (Å²) in [6.45, 7) is 2.06. The minimum absolute atomic E-state index is 0.723. The van der Waals surface area contributed by atoms with Crippen LogP contribution in [-0.2, 0) is 0 Å². The SMILES string of the molecule is Cc1cccc(N=c2ncc3cc4ccccc4nc3s2)c1. The number of rotatable bonds is 1. The number of aromatic nitrogens is 2. The third kappa shape index (κ3) is 2.49. The Morgan fingerprint density at radius 1 is 0.955 bits per heavy atom. The van der Waals surface area contributed by atoms with Gasteiger partial charge in [0.25, 0.3) is 0 Å². The Morgan fingerprint density at radius 2 is 1.86 bits per heavy atom. The van der Waals surface area contributed by atoms with Crippen molar-refractivity contribution in [2.45, 2.75) is 6.92 Å². The van der Waals surface area contributed by atoms with Gasteiger partial charge in [-0.1, -0.05) is 41.7 Å². The fourth-order valence-corrected chi connectivity index (χ4v) is 3.19. The lowest BCUT2D eigenvalue weighted by atomic mass is 10.2. The van der Waals surface area contributed by atoms with Crippen molar-refractivity contribution >= 4 is 38.1 Å². The second kappa shape index (κ2) is 5.31. The van der Waals surface area contributed by atoms with Gasteiger partial charge in [-0.25, -0.2) is 15.0 Å². The van der Waals surface area contributed by atoms with Crippen LogP contribution in [0.25, 0.3) is 21.1 Å². The van der Waals surface area contributed by atoms with E-state index in [0.717, 1.165) is 31.6 Å². The molecule has 106 valence electrons. The lowest BCUT2D eigenvalue weighted by Gasteiger charge is -2.00. The van der Waals surface area contributed by atoms with Gasteiger partial charge in [-0.15, -0.1) is 0 Å². The Labute approximate surface area is 131 Å². The summed E-state index contributed by atoms with van der Waals surface area (Å²) in [5, 5.41) is 2.18. The largest absolute Gasteiger partial charge is 0.237 e. The van der Waals surface area contributed by atoms with Crippen LogP contribution in [-0.4, -0.2) is 9.97 Å². The zero-order chi connectivity index (χ0) is 14.9. The molecule has 0 saturated carbocycles. The van der Waals surface area contributed by atoms with Crippen molar-refractivity contribution < 1.29 is 0 Å². The number of benzene rings is 2. The molecule has 0 radical (unpaired) electrons. The number of hydrogen-bond donors (Lipinski definition) is 0. The minimum Gasteiger partial charge on any atom is -0.237 e. The Hall–Kier alpha value is -2.59. The second-order valence-corrected chi connectivity index (χ2v) is 6.13. The van der Waals surface area contributed by atoms with Crippen LogP contribution in [0.3, 0.4) is 0 Å². The summed E-state index contributed by atoms with van der Waals surface area (Å²) in [4.78, 5) is 15.4. The zero-order valence-corrected chi connectivity index (χ0v) is 12.8. The molecule has 0 N–H and O–H groups in total. The minimum atomic E-state index is 0.723. The molecule has 2 heterocycles. The molecular formula is C18H13N3S. The summed E-state index contributed by atoms with van der Waals surface area (Å²) in [6.07, 6.45) is 1.85. The molecule has 0 amide bonds. The van der Waals surface area contributed by atoms with Crippen molar-refractivity contribution in [2.24, 2.45) is 4.99 Å². The zero-order valence-electron chi connectivity index (χ0n) is 12.0. The highest BCUT2D eigenvalue weighted by Gasteiger charge is 2.01. The van der Waals surface area contributed by atoms with Crippen LogP contribution in [0.2, 0.25) is 0 Å². The maximum Gasteiger partial charge on any atom is 0.211 e. The van der Waals surface area contributed by atoms with Gasteiger partial charge in [0.15, 0.2) is 0 Å². The molecular weight excluding hydrogens is 290 g/mol. The van der Waals surface area contributed by atoms with E-state index in [4.69, 9.17) is 4.98 Å². The highest BCUT2D eigenvalue weighted by atomic mass is 32.1. The fraction of sp³-hybridized carbons (Fsp3) is 0.0556. The van der Waals surface area contributed by atoms with Crippen molar-refractivity contribution in [1.82, 2.24) is 9.97 Å². The molecule has 0 aliphatic carbocycles. The van der Waals surface area contributed by atoms with Crippen molar-refractivity contribution in [3.05, 3.63) is 71.2 Å². The second-order valence-electron chi connectivity index (χ2n) is 5.17. The van der Waals surface area contributed by atoms with E-state index in [2.05, 4.69) is 35.1 Å². The number of nitrogens with zero attached hydrogens (tertiary/aromatic N) is 3. The Kier molecular flexibility index (Phi) is 3.16. The highest BCUT2D eigenvalue weighted by molar-refractivity contribution is 7.15. The van der Waals surface area contributed by atoms with Crippen molar-refractivity contribution in [3.8, 4) is 0 Å². The summed E-state index contributed by atoms with van der Waals surface area (Å²) in [5.74, 6) is 0. The third-order valence-electron chi connectivity index (χ3n) is 3.45. The first-order chi connectivity index (χ1) is 10.8. The van der Waals surface area contributed by atoms with E-state index in [1.165, 1.54) is 16.9 Å². The monoisotopic (exact) mass is 303 g/mol. The van der Waals surface area contributed by atoms with Gasteiger partial charge in [-0.2, -0.15) is 0 Å². The maximum atomic E-state index is 4.72. The topological polar surface area (TPSA) is 38.1 Å². The summed E-state index contributed by atoms with van der Waals surface area (Å²) in [5.41, 5.74) is 3.11. The smallest absolute Gasteiger partial charge is 0.211 e. The molecule has 3 nitrogen and oxygen atoms in total. The van der Waals surface area contributed by atoms with Crippen molar-refractivity contribution in [2.75, 3.05) is 0 Å². The van der Waals surface area contributed by atoms with Crippen LogP contribution in [0.15, 0.2) is 65.8 Å². The van der Waals surface area contributed by atoms with Crippen LogP contribution in [0.1, 0.15) is 5.56 Å². The predicted octanol–water partition coefficient (Wildman–Crippen LogP) is 4.39. The molecule has 0 atom stereocenters.